The van der Waals surface area contributed by atoms with Crippen LogP contribution in [0.25, 0.3) is 0 Å². The van der Waals surface area contributed by atoms with Crippen LogP contribution in [0, 0.1) is 0 Å². The van der Waals surface area contributed by atoms with Crippen molar-refractivity contribution in [1.29, 1.82) is 0 Å². The highest BCUT2D eigenvalue weighted by atomic mass is 32.1. The summed E-state index contributed by atoms with van der Waals surface area (Å²) < 4.78 is 5.30. The number of aliphatic carboxylic acids is 1. The summed E-state index contributed by atoms with van der Waals surface area (Å²) >= 11 is 1.57. The molecule has 1 unspecified atom stereocenters. The Balaban J connectivity index is 2.47. The predicted octanol–water partition coefficient (Wildman–Crippen LogP) is 3.34. The van der Waals surface area contributed by atoms with Gasteiger partial charge in [0.05, 0.1) is 12.5 Å². The third-order valence-corrected chi connectivity index (χ3v) is 4.16. The van der Waals surface area contributed by atoms with Gasteiger partial charge in [-0.15, -0.1) is 11.3 Å². The minimum absolute atomic E-state index is 0.459. The Kier molecular flexibility index (Phi) is 3.90. The largest absolute Gasteiger partial charge is 0.496 e. The van der Waals surface area contributed by atoms with Crippen molar-refractivity contribution in [3.63, 3.8) is 0 Å². The molecule has 1 heterocycles. The maximum atomic E-state index is 11.8. The van der Waals surface area contributed by atoms with Crippen LogP contribution in [0.3, 0.4) is 0 Å². The van der Waals surface area contributed by atoms with Crippen LogP contribution >= 0.6 is 11.3 Å². The third-order valence-electron chi connectivity index (χ3n) is 3.28. The molecule has 0 aliphatic carbocycles. The second kappa shape index (κ2) is 5.45. The number of carbonyl (C=O) groups is 1. The molecule has 0 saturated heterocycles. The lowest BCUT2D eigenvalue weighted by Gasteiger charge is -2.26. The smallest absolute Gasteiger partial charge is 0.314 e. The number of rotatable bonds is 5. The van der Waals surface area contributed by atoms with Crippen LogP contribution in [0.2, 0.25) is 0 Å². The zero-order valence-electron chi connectivity index (χ0n) is 10.9. The average molecular weight is 276 g/mol. The number of thiophene rings is 1. The molecule has 1 N–H and O–H groups in total. The zero-order chi connectivity index (χ0) is 13.9. The van der Waals surface area contributed by atoms with Crippen molar-refractivity contribution in [2.75, 3.05) is 7.11 Å². The van der Waals surface area contributed by atoms with E-state index in [0.29, 0.717) is 17.7 Å². The van der Waals surface area contributed by atoms with Crippen molar-refractivity contribution < 1.29 is 14.6 Å². The standard InChI is InChI=1S/C15H16O3S/c1-15(14(16)17,10-11-6-5-9-19-11)12-7-3-4-8-13(12)18-2/h3-9H,10H2,1-2H3,(H,16,17). The van der Waals surface area contributed by atoms with Crippen molar-refractivity contribution in [2.45, 2.75) is 18.8 Å². The first-order chi connectivity index (χ1) is 9.08. The lowest BCUT2D eigenvalue weighted by molar-refractivity contribution is -0.143. The molecule has 0 saturated carbocycles. The molecule has 0 aliphatic rings. The average Bonchev–Trinajstić information content (AvgIpc) is 2.91. The van der Waals surface area contributed by atoms with E-state index in [1.54, 1.807) is 31.4 Å². The van der Waals surface area contributed by atoms with Gasteiger partial charge < -0.3 is 9.84 Å². The number of hydrogen-bond donors (Lipinski definition) is 1. The van der Waals surface area contributed by atoms with Gasteiger partial charge in [0.25, 0.3) is 0 Å². The van der Waals surface area contributed by atoms with E-state index in [4.69, 9.17) is 4.74 Å². The molecule has 1 atom stereocenters. The van der Waals surface area contributed by atoms with Gasteiger partial charge >= 0.3 is 5.97 Å². The Morgan fingerprint density at radius 1 is 1.32 bits per heavy atom. The number of carboxylic acids is 1. The van der Waals surface area contributed by atoms with Gasteiger partial charge in [0.15, 0.2) is 0 Å². The number of methoxy groups -OCH3 is 1. The van der Waals surface area contributed by atoms with Crippen LogP contribution in [-0.4, -0.2) is 18.2 Å². The van der Waals surface area contributed by atoms with Gasteiger partial charge in [-0.1, -0.05) is 24.3 Å². The highest BCUT2D eigenvalue weighted by Gasteiger charge is 2.38. The first-order valence-corrected chi connectivity index (χ1v) is 6.85. The Hall–Kier alpha value is -1.81. The molecule has 0 radical (unpaired) electrons. The van der Waals surface area contributed by atoms with Gasteiger partial charge in [-0.05, 0) is 24.4 Å². The fourth-order valence-corrected chi connectivity index (χ4v) is 3.01. The third kappa shape index (κ3) is 2.63. The van der Waals surface area contributed by atoms with Crippen molar-refractivity contribution in [3.8, 4) is 5.75 Å². The lowest BCUT2D eigenvalue weighted by Crippen LogP contribution is -2.35. The van der Waals surface area contributed by atoms with Crippen LogP contribution in [-0.2, 0) is 16.6 Å². The topological polar surface area (TPSA) is 46.5 Å². The van der Waals surface area contributed by atoms with E-state index in [2.05, 4.69) is 0 Å². The van der Waals surface area contributed by atoms with Crippen LogP contribution in [0.1, 0.15) is 17.4 Å². The summed E-state index contributed by atoms with van der Waals surface area (Å²) in [5, 5.41) is 11.6. The van der Waals surface area contributed by atoms with Gasteiger partial charge in [-0.25, -0.2) is 0 Å². The van der Waals surface area contributed by atoms with Crippen LogP contribution < -0.4 is 4.74 Å². The second-order valence-corrected chi connectivity index (χ2v) is 5.63. The monoisotopic (exact) mass is 276 g/mol. The first-order valence-electron chi connectivity index (χ1n) is 5.97. The molecule has 100 valence electrons. The van der Waals surface area contributed by atoms with Crippen molar-refractivity contribution in [3.05, 3.63) is 52.2 Å². The molecule has 0 spiro atoms. The summed E-state index contributed by atoms with van der Waals surface area (Å²) in [6, 6.07) is 11.2. The molecule has 1 aromatic heterocycles. The minimum atomic E-state index is -0.989. The number of carboxylic acid groups (broad SMARTS) is 1. The summed E-state index contributed by atoms with van der Waals surface area (Å²) in [6.45, 7) is 1.74. The van der Waals surface area contributed by atoms with E-state index in [1.807, 2.05) is 35.7 Å². The highest BCUT2D eigenvalue weighted by molar-refractivity contribution is 7.09. The Morgan fingerprint density at radius 3 is 2.63 bits per heavy atom. The van der Waals surface area contributed by atoms with Gasteiger partial charge in [0, 0.05) is 16.9 Å². The summed E-state index contributed by atoms with van der Waals surface area (Å²) in [5.74, 6) is -0.227. The quantitative estimate of drug-likeness (QED) is 0.911. The van der Waals surface area contributed by atoms with Crippen LogP contribution in [0.4, 0.5) is 0 Å². The predicted molar refractivity (Wildman–Crippen MR) is 76.0 cm³/mol. The SMILES string of the molecule is COc1ccccc1C(C)(Cc1cccs1)C(=O)O. The normalized spacial score (nSPS) is 13.8. The van der Waals surface area contributed by atoms with E-state index < -0.39 is 11.4 Å². The number of hydrogen-bond acceptors (Lipinski definition) is 3. The van der Waals surface area contributed by atoms with Gasteiger partial charge in [-0.3, -0.25) is 4.79 Å². The van der Waals surface area contributed by atoms with E-state index in [1.165, 1.54) is 0 Å². The first kappa shape index (κ1) is 13.6. The van der Waals surface area contributed by atoms with Gasteiger partial charge in [0.1, 0.15) is 5.75 Å². The van der Waals surface area contributed by atoms with Gasteiger partial charge in [-0.2, -0.15) is 0 Å². The fourth-order valence-electron chi connectivity index (χ4n) is 2.15. The molecule has 2 rings (SSSR count). The summed E-state index contributed by atoms with van der Waals surface area (Å²) in [5.41, 5.74) is -0.282. The molecule has 0 bridgehead atoms. The van der Waals surface area contributed by atoms with E-state index >= 15 is 0 Å². The molecular formula is C15H16O3S. The van der Waals surface area contributed by atoms with Crippen molar-refractivity contribution >= 4 is 17.3 Å². The molecule has 3 nitrogen and oxygen atoms in total. The Morgan fingerprint density at radius 2 is 2.05 bits per heavy atom. The van der Waals surface area contributed by atoms with E-state index in [-0.39, 0.29) is 0 Å². The van der Waals surface area contributed by atoms with Crippen molar-refractivity contribution in [1.82, 2.24) is 0 Å². The highest BCUT2D eigenvalue weighted by Crippen LogP contribution is 2.35. The van der Waals surface area contributed by atoms with E-state index in [0.717, 1.165) is 4.88 Å². The lowest BCUT2D eigenvalue weighted by atomic mass is 9.78. The molecule has 0 fully saturated rings. The molecule has 2 aromatic rings. The molecular weight excluding hydrogens is 260 g/mol. The zero-order valence-corrected chi connectivity index (χ0v) is 11.7. The van der Waals surface area contributed by atoms with Gasteiger partial charge in [0.2, 0.25) is 0 Å². The van der Waals surface area contributed by atoms with E-state index in [9.17, 15) is 9.90 Å². The van der Waals surface area contributed by atoms with Crippen molar-refractivity contribution in [2.24, 2.45) is 0 Å². The molecule has 0 amide bonds. The number of benzene rings is 1. The fraction of sp³-hybridized carbons (Fsp3) is 0.267. The maximum absolute atomic E-state index is 11.8. The molecule has 0 aliphatic heterocycles. The van der Waals surface area contributed by atoms with Crippen LogP contribution in [0.15, 0.2) is 41.8 Å². The van der Waals surface area contributed by atoms with Crippen LogP contribution in [0.5, 0.6) is 5.75 Å². The summed E-state index contributed by atoms with van der Waals surface area (Å²) in [7, 11) is 1.56. The Bertz CT molecular complexity index is 563. The second-order valence-electron chi connectivity index (χ2n) is 4.59. The molecule has 1 aromatic carbocycles. The maximum Gasteiger partial charge on any atom is 0.314 e. The number of para-hydroxylation sites is 1. The Labute approximate surface area is 116 Å². The molecule has 19 heavy (non-hydrogen) atoms. The summed E-state index contributed by atoms with van der Waals surface area (Å²) in [6.07, 6.45) is 0.459. The summed E-state index contributed by atoms with van der Waals surface area (Å²) in [4.78, 5) is 12.8. The molecule has 4 heteroatoms. The number of ether oxygens (including phenoxy) is 1. The minimum Gasteiger partial charge on any atom is -0.496 e.